The first-order chi connectivity index (χ1) is 8.70. The van der Waals surface area contributed by atoms with E-state index in [2.05, 4.69) is 13.8 Å². The molecule has 0 fully saturated rings. The highest BCUT2D eigenvalue weighted by molar-refractivity contribution is 5.68. The summed E-state index contributed by atoms with van der Waals surface area (Å²) >= 11 is 0. The molecule has 0 aliphatic heterocycles. The summed E-state index contributed by atoms with van der Waals surface area (Å²) in [5, 5.41) is 0. The number of rotatable bonds is 6. The van der Waals surface area contributed by atoms with Crippen molar-refractivity contribution in [3.63, 3.8) is 0 Å². The fourth-order valence-corrected chi connectivity index (χ4v) is 1.29. The number of ether oxygens (including phenoxy) is 1. The fourth-order valence-electron chi connectivity index (χ4n) is 1.29. The van der Waals surface area contributed by atoms with Crippen molar-refractivity contribution >= 4 is 5.97 Å². The number of unbranched alkanes of at least 4 members (excludes halogenated alkanes) is 3. The molecular formula is C16H25O2. The van der Waals surface area contributed by atoms with Crippen LogP contribution >= 0.6 is 0 Å². The molecule has 1 aromatic carbocycles. The quantitative estimate of drug-likeness (QED) is 0.552. The first kappa shape index (κ1) is 16.7. The van der Waals surface area contributed by atoms with Gasteiger partial charge in [0.1, 0.15) is 0 Å². The lowest BCUT2D eigenvalue weighted by molar-refractivity contribution is -0.143. The summed E-state index contributed by atoms with van der Waals surface area (Å²) in [6.45, 7) is 8.30. The van der Waals surface area contributed by atoms with E-state index in [0.717, 1.165) is 12.0 Å². The number of hydrogen-bond acceptors (Lipinski definition) is 2. The van der Waals surface area contributed by atoms with E-state index in [1.807, 2.05) is 37.3 Å². The molecule has 2 nitrogen and oxygen atoms in total. The Hall–Kier alpha value is -1.31. The van der Waals surface area contributed by atoms with E-state index in [0.29, 0.717) is 13.0 Å². The van der Waals surface area contributed by atoms with Crippen LogP contribution in [0.15, 0.2) is 30.3 Å². The monoisotopic (exact) mass is 249 g/mol. The molecule has 0 aromatic heterocycles. The topological polar surface area (TPSA) is 26.3 Å². The van der Waals surface area contributed by atoms with Gasteiger partial charge in [0.25, 0.3) is 0 Å². The number of carbonyl (C=O) groups excluding carboxylic acids is 1. The zero-order valence-electron chi connectivity index (χ0n) is 11.7. The first-order valence-corrected chi connectivity index (χ1v) is 6.73. The SMILES string of the molecule is CCCCCCOC(=O)CC.[CH2]c1ccccc1. The third-order valence-corrected chi connectivity index (χ3v) is 2.39. The van der Waals surface area contributed by atoms with Crippen LogP contribution in [0.3, 0.4) is 0 Å². The van der Waals surface area contributed by atoms with Gasteiger partial charge < -0.3 is 4.74 Å². The third-order valence-electron chi connectivity index (χ3n) is 2.39. The van der Waals surface area contributed by atoms with Gasteiger partial charge in [-0.2, -0.15) is 0 Å². The van der Waals surface area contributed by atoms with Crippen LogP contribution in [0.4, 0.5) is 0 Å². The van der Waals surface area contributed by atoms with E-state index in [1.165, 1.54) is 19.3 Å². The molecule has 2 heteroatoms. The van der Waals surface area contributed by atoms with Crippen molar-refractivity contribution in [3.05, 3.63) is 42.8 Å². The predicted molar refractivity (Wildman–Crippen MR) is 76.3 cm³/mol. The van der Waals surface area contributed by atoms with E-state index in [1.54, 1.807) is 0 Å². The smallest absolute Gasteiger partial charge is 0.305 e. The minimum atomic E-state index is -0.0819. The lowest BCUT2D eigenvalue weighted by Gasteiger charge is -2.01. The zero-order valence-corrected chi connectivity index (χ0v) is 11.7. The van der Waals surface area contributed by atoms with Crippen LogP contribution in [0.1, 0.15) is 51.5 Å². The van der Waals surface area contributed by atoms with E-state index < -0.39 is 0 Å². The van der Waals surface area contributed by atoms with Crippen LogP contribution in [-0.2, 0) is 9.53 Å². The van der Waals surface area contributed by atoms with Crippen molar-refractivity contribution in [2.45, 2.75) is 46.0 Å². The molecule has 1 rings (SSSR count). The van der Waals surface area contributed by atoms with E-state index in [4.69, 9.17) is 4.74 Å². The molecular weight excluding hydrogens is 224 g/mol. The number of esters is 1. The van der Waals surface area contributed by atoms with Gasteiger partial charge in [-0.05, 0) is 18.9 Å². The predicted octanol–water partition coefficient (Wildman–Crippen LogP) is 4.39. The summed E-state index contributed by atoms with van der Waals surface area (Å²) in [6, 6.07) is 9.87. The highest BCUT2D eigenvalue weighted by atomic mass is 16.5. The molecule has 101 valence electrons. The molecule has 0 aliphatic rings. The molecule has 1 aromatic rings. The summed E-state index contributed by atoms with van der Waals surface area (Å²) < 4.78 is 4.90. The lowest BCUT2D eigenvalue weighted by Crippen LogP contribution is -2.03. The fraction of sp³-hybridized carbons (Fsp3) is 0.500. The van der Waals surface area contributed by atoms with Crippen LogP contribution in [0.5, 0.6) is 0 Å². The molecule has 0 aliphatic carbocycles. The van der Waals surface area contributed by atoms with Crippen molar-refractivity contribution in [1.82, 2.24) is 0 Å². The Balaban J connectivity index is 0.000000351. The van der Waals surface area contributed by atoms with Crippen molar-refractivity contribution in [2.75, 3.05) is 6.61 Å². The molecule has 0 spiro atoms. The molecule has 0 N–H and O–H groups in total. The zero-order chi connectivity index (χ0) is 13.6. The van der Waals surface area contributed by atoms with Gasteiger partial charge in [0, 0.05) is 6.42 Å². The number of benzene rings is 1. The lowest BCUT2D eigenvalue weighted by atomic mass is 10.2. The Labute approximate surface area is 111 Å². The molecule has 0 unspecified atom stereocenters. The third kappa shape index (κ3) is 11.2. The average molecular weight is 249 g/mol. The van der Waals surface area contributed by atoms with E-state index in [9.17, 15) is 4.79 Å². The van der Waals surface area contributed by atoms with Crippen LogP contribution < -0.4 is 0 Å². The second kappa shape index (κ2) is 12.2. The number of hydrogen-bond donors (Lipinski definition) is 0. The molecule has 0 saturated carbocycles. The van der Waals surface area contributed by atoms with Gasteiger partial charge in [-0.15, -0.1) is 0 Å². The van der Waals surface area contributed by atoms with Crippen molar-refractivity contribution in [1.29, 1.82) is 0 Å². The maximum atomic E-state index is 10.6. The summed E-state index contributed by atoms with van der Waals surface area (Å²) in [7, 11) is 0. The van der Waals surface area contributed by atoms with Gasteiger partial charge in [0.2, 0.25) is 0 Å². The minimum absolute atomic E-state index is 0.0819. The Morgan fingerprint density at radius 3 is 2.22 bits per heavy atom. The summed E-state index contributed by atoms with van der Waals surface area (Å²) in [5.74, 6) is -0.0819. The van der Waals surface area contributed by atoms with Gasteiger partial charge in [0.05, 0.1) is 6.61 Å². The molecule has 18 heavy (non-hydrogen) atoms. The minimum Gasteiger partial charge on any atom is -0.466 e. The highest BCUT2D eigenvalue weighted by Crippen LogP contribution is 1.99. The molecule has 1 radical (unpaired) electrons. The van der Waals surface area contributed by atoms with Crippen LogP contribution in [0.25, 0.3) is 0 Å². The largest absolute Gasteiger partial charge is 0.466 e. The maximum absolute atomic E-state index is 10.6. The summed E-state index contributed by atoms with van der Waals surface area (Å²) in [5.41, 5.74) is 1.07. The Morgan fingerprint density at radius 2 is 1.78 bits per heavy atom. The second-order valence-corrected chi connectivity index (χ2v) is 4.12. The van der Waals surface area contributed by atoms with Crippen molar-refractivity contribution < 1.29 is 9.53 Å². The molecule has 0 amide bonds. The summed E-state index contributed by atoms with van der Waals surface area (Å²) in [4.78, 5) is 10.6. The van der Waals surface area contributed by atoms with Gasteiger partial charge in [-0.1, -0.05) is 63.4 Å². The van der Waals surface area contributed by atoms with Crippen LogP contribution in [-0.4, -0.2) is 12.6 Å². The van der Waals surface area contributed by atoms with Gasteiger partial charge in [0.15, 0.2) is 0 Å². The van der Waals surface area contributed by atoms with E-state index in [-0.39, 0.29) is 5.97 Å². The Kier molecular flexibility index (Phi) is 11.3. The normalized spacial score (nSPS) is 9.28. The summed E-state index contributed by atoms with van der Waals surface area (Å²) in [6.07, 6.45) is 5.15. The van der Waals surface area contributed by atoms with Gasteiger partial charge in [-0.25, -0.2) is 0 Å². The van der Waals surface area contributed by atoms with Crippen LogP contribution in [0.2, 0.25) is 0 Å². The van der Waals surface area contributed by atoms with E-state index >= 15 is 0 Å². The molecule has 0 atom stereocenters. The molecule has 0 saturated heterocycles. The molecule has 0 bridgehead atoms. The Bertz CT molecular complexity index is 293. The highest BCUT2D eigenvalue weighted by Gasteiger charge is 1.96. The first-order valence-electron chi connectivity index (χ1n) is 6.73. The van der Waals surface area contributed by atoms with Gasteiger partial charge in [-0.3, -0.25) is 4.79 Å². The van der Waals surface area contributed by atoms with Crippen molar-refractivity contribution in [2.24, 2.45) is 0 Å². The van der Waals surface area contributed by atoms with Crippen molar-refractivity contribution in [3.8, 4) is 0 Å². The maximum Gasteiger partial charge on any atom is 0.305 e. The standard InChI is InChI=1S/C9H18O2.C7H7/c1-3-5-6-7-8-11-9(10)4-2;1-7-5-3-2-4-6-7/h3-8H2,1-2H3;2-6H,1H2. The van der Waals surface area contributed by atoms with Gasteiger partial charge >= 0.3 is 5.97 Å². The average Bonchev–Trinajstić information content (AvgIpc) is 2.40. The Morgan fingerprint density at radius 1 is 1.11 bits per heavy atom. The van der Waals surface area contributed by atoms with Crippen LogP contribution in [0, 0.1) is 6.92 Å². The second-order valence-electron chi connectivity index (χ2n) is 4.12. The number of carbonyl (C=O) groups is 1. The molecule has 0 heterocycles.